The van der Waals surface area contributed by atoms with E-state index in [2.05, 4.69) is 54.5 Å². The number of nitrogens with two attached hydrogens (primary N) is 1. The molecule has 0 spiro atoms. The van der Waals surface area contributed by atoms with Crippen molar-refractivity contribution >= 4 is 54.5 Å². The normalized spacial score (nSPS) is 12.5. The summed E-state index contributed by atoms with van der Waals surface area (Å²) >= 11 is 8.65. The summed E-state index contributed by atoms with van der Waals surface area (Å²) in [4.78, 5) is 0. The van der Waals surface area contributed by atoms with Crippen LogP contribution in [0, 0.1) is 15.2 Å². The van der Waals surface area contributed by atoms with Crippen LogP contribution in [0.25, 0.3) is 0 Å². The molecule has 0 heterocycles. The molecule has 1 atom stereocenters. The molecule has 6 heteroatoms. The molecule has 106 valence electrons. The van der Waals surface area contributed by atoms with Gasteiger partial charge in [0.1, 0.15) is 11.6 Å². The van der Waals surface area contributed by atoms with Crippen molar-refractivity contribution in [1.82, 2.24) is 0 Å². The second-order valence-electron chi connectivity index (χ2n) is 4.30. The molecule has 2 N–H and O–H groups in total. The molecule has 0 fully saturated rings. The lowest BCUT2D eigenvalue weighted by Gasteiger charge is -2.16. The first-order valence-corrected chi connectivity index (χ1v) is 8.39. The fraction of sp³-hybridized carbons (Fsp3) is 0.143. The highest BCUT2D eigenvalue weighted by atomic mass is 127. The average Bonchev–Trinajstić information content (AvgIpc) is 2.41. The molecule has 0 bridgehead atoms. The second kappa shape index (κ2) is 6.81. The van der Waals surface area contributed by atoms with Crippen molar-refractivity contribution in [2.75, 3.05) is 0 Å². The Morgan fingerprint density at radius 2 is 1.75 bits per heavy atom. The van der Waals surface area contributed by atoms with Crippen LogP contribution in [-0.4, -0.2) is 0 Å². The summed E-state index contributed by atoms with van der Waals surface area (Å²) in [7, 11) is 0. The molecular formula is C14H10Br2F2IN. The van der Waals surface area contributed by atoms with E-state index in [0.29, 0.717) is 0 Å². The summed E-state index contributed by atoms with van der Waals surface area (Å²) < 4.78 is 29.8. The van der Waals surface area contributed by atoms with E-state index < -0.39 is 17.7 Å². The van der Waals surface area contributed by atoms with Crippen LogP contribution in [0.5, 0.6) is 0 Å². The van der Waals surface area contributed by atoms with E-state index >= 15 is 0 Å². The Kier molecular flexibility index (Phi) is 5.56. The van der Waals surface area contributed by atoms with Gasteiger partial charge in [-0.1, -0.05) is 15.9 Å². The van der Waals surface area contributed by atoms with Crippen LogP contribution in [0.4, 0.5) is 8.78 Å². The molecule has 0 aromatic heterocycles. The Morgan fingerprint density at radius 3 is 2.45 bits per heavy atom. The molecule has 0 aliphatic rings. The molecule has 0 saturated heterocycles. The zero-order valence-electron chi connectivity index (χ0n) is 10.1. The number of benzene rings is 2. The van der Waals surface area contributed by atoms with E-state index in [4.69, 9.17) is 5.73 Å². The van der Waals surface area contributed by atoms with E-state index in [9.17, 15) is 8.78 Å². The lowest BCUT2D eigenvalue weighted by molar-refractivity contribution is 0.535. The smallest absolute Gasteiger partial charge is 0.143 e. The van der Waals surface area contributed by atoms with Gasteiger partial charge in [0.05, 0.1) is 4.47 Å². The Labute approximate surface area is 146 Å². The first kappa shape index (κ1) is 16.3. The third-order valence-corrected chi connectivity index (χ3v) is 4.93. The SMILES string of the molecule is NC(Cc1c(F)ccc(Br)c1F)c1cc(I)ccc1Br. The van der Waals surface area contributed by atoms with Crippen molar-refractivity contribution in [3.05, 3.63) is 65.6 Å². The van der Waals surface area contributed by atoms with Crippen LogP contribution >= 0.6 is 54.5 Å². The maximum absolute atomic E-state index is 14.0. The molecule has 0 radical (unpaired) electrons. The molecule has 0 aliphatic heterocycles. The zero-order chi connectivity index (χ0) is 14.9. The molecule has 0 aliphatic carbocycles. The van der Waals surface area contributed by atoms with Crippen LogP contribution in [0.3, 0.4) is 0 Å². The largest absolute Gasteiger partial charge is 0.324 e. The summed E-state index contributed by atoms with van der Waals surface area (Å²) in [6.07, 6.45) is 0.0931. The quantitative estimate of drug-likeness (QED) is 0.433. The number of rotatable bonds is 3. The molecule has 2 rings (SSSR count). The standard InChI is InChI=1S/C14H10Br2F2IN/c15-10-2-1-7(19)5-8(10)13(20)6-9-12(17)4-3-11(16)14(9)18/h1-5,13H,6,20H2. The van der Waals surface area contributed by atoms with Gasteiger partial charge in [0.2, 0.25) is 0 Å². The van der Waals surface area contributed by atoms with Gasteiger partial charge in [-0.25, -0.2) is 8.78 Å². The van der Waals surface area contributed by atoms with E-state index in [1.807, 2.05) is 18.2 Å². The van der Waals surface area contributed by atoms with Gasteiger partial charge in [-0.05, 0) is 80.8 Å². The van der Waals surface area contributed by atoms with Crippen molar-refractivity contribution < 1.29 is 8.78 Å². The molecule has 2 aromatic carbocycles. The minimum absolute atomic E-state index is 0.00219. The first-order valence-electron chi connectivity index (χ1n) is 5.73. The fourth-order valence-corrected chi connectivity index (χ4v) is 3.31. The maximum atomic E-state index is 14.0. The molecule has 1 unspecified atom stereocenters. The van der Waals surface area contributed by atoms with Crippen molar-refractivity contribution in [3.8, 4) is 0 Å². The summed E-state index contributed by atoms with van der Waals surface area (Å²) in [5, 5.41) is 0. The van der Waals surface area contributed by atoms with E-state index in [0.717, 1.165) is 13.6 Å². The van der Waals surface area contributed by atoms with E-state index in [-0.39, 0.29) is 16.5 Å². The Balaban J connectivity index is 2.35. The molecule has 0 saturated carbocycles. The van der Waals surface area contributed by atoms with Gasteiger partial charge in [0, 0.05) is 19.6 Å². The van der Waals surface area contributed by atoms with Crippen LogP contribution < -0.4 is 5.73 Å². The van der Waals surface area contributed by atoms with Crippen molar-refractivity contribution in [2.45, 2.75) is 12.5 Å². The topological polar surface area (TPSA) is 26.0 Å². The van der Waals surface area contributed by atoms with Crippen LogP contribution in [0.2, 0.25) is 0 Å². The highest BCUT2D eigenvalue weighted by Crippen LogP contribution is 2.29. The minimum Gasteiger partial charge on any atom is -0.324 e. The zero-order valence-corrected chi connectivity index (χ0v) is 15.5. The highest BCUT2D eigenvalue weighted by Gasteiger charge is 2.18. The lowest BCUT2D eigenvalue weighted by atomic mass is 9.99. The number of halogens is 5. The Bertz CT molecular complexity index is 649. The molecule has 0 amide bonds. The molecule has 20 heavy (non-hydrogen) atoms. The van der Waals surface area contributed by atoms with Gasteiger partial charge in [-0.3, -0.25) is 0 Å². The Hall–Kier alpha value is -0.0500. The van der Waals surface area contributed by atoms with E-state index in [1.165, 1.54) is 12.1 Å². The predicted molar refractivity (Wildman–Crippen MR) is 91.5 cm³/mol. The summed E-state index contributed by atoms with van der Waals surface area (Å²) in [5.41, 5.74) is 6.93. The van der Waals surface area contributed by atoms with Crippen molar-refractivity contribution in [3.63, 3.8) is 0 Å². The van der Waals surface area contributed by atoms with Gasteiger partial charge < -0.3 is 5.73 Å². The third-order valence-electron chi connectivity index (χ3n) is 2.92. The number of hydrogen-bond donors (Lipinski definition) is 1. The third kappa shape index (κ3) is 3.58. The van der Waals surface area contributed by atoms with Crippen LogP contribution in [0.15, 0.2) is 39.3 Å². The Morgan fingerprint density at radius 1 is 1.10 bits per heavy atom. The molecular weight excluding hydrogens is 507 g/mol. The molecule has 2 aromatic rings. The average molecular weight is 517 g/mol. The number of hydrogen-bond acceptors (Lipinski definition) is 1. The van der Waals surface area contributed by atoms with Gasteiger partial charge in [0.15, 0.2) is 0 Å². The summed E-state index contributed by atoms with van der Waals surface area (Å²) in [6.45, 7) is 0. The minimum atomic E-state index is -0.595. The van der Waals surface area contributed by atoms with Crippen LogP contribution in [-0.2, 0) is 6.42 Å². The van der Waals surface area contributed by atoms with Gasteiger partial charge in [-0.2, -0.15) is 0 Å². The van der Waals surface area contributed by atoms with Gasteiger partial charge >= 0.3 is 0 Å². The summed E-state index contributed by atoms with van der Waals surface area (Å²) in [6, 6.07) is 7.81. The first-order chi connectivity index (χ1) is 9.40. The van der Waals surface area contributed by atoms with Gasteiger partial charge in [0.25, 0.3) is 0 Å². The second-order valence-corrected chi connectivity index (χ2v) is 7.25. The predicted octanol–water partition coefficient (Wildman–Crippen LogP) is 5.34. The lowest BCUT2D eigenvalue weighted by Crippen LogP contribution is -2.16. The van der Waals surface area contributed by atoms with Crippen molar-refractivity contribution in [2.24, 2.45) is 5.73 Å². The monoisotopic (exact) mass is 515 g/mol. The van der Waals surface area contributed by atoms with Gasteiger partial charge in [-0.15, -0.1) is 0 Å². The van der Waals surface area contributed by atoms with E-state index in [1.54, 1.807) is 0 Å². The van der Waals surface area contributed by atoms with Crippen molar-refractivity contribution in [1.29, 1.82) is 0 Å². The fourth-order valence-electron chi connectivity index (χ4n) is 1.88. The summed E-state index contributed by atoms with van der Waals surface area (Å²) in [5.74, 6) is -1.18. The molecule has 1 nitrogen and oxygen atoms in total. The van der Waals surface area contributed by atoms with Crippen LogP contribution in [0.1, 0.15) is 17.2 Å². The highest BCUT2D eigenvalue weighted by molar-refractivity contribution is 14.1. The maximum Gasteiger partial charge on any atom is 0.143 e.